The minimum Gasteiger partial charge on any atom is -0.338 e. The largest absolute Gasteiger partial charge is 0.435 e. The van der Waals surface area contributed by atoms with Crippen molar-refractivity contribution in [1.29, 1.82) is 0 Å². The Morgan fingerprint density at radius 3 is 2.36 bits per heavy atom. The van der Waals surface area contributed by atoms with Gasteiger partial charge in [0.15, 0.2) is 5.69 Å². The molecule has 9 nitrogen and oxygen atoms in total. The van der Waals surface area contributed by atoms with Gasteiger partial charge in [-0.25, -0.2) is 8.42 Å². The SMILES string of the molecule is Cc1cc(C(F)(F)F)nn1CC(=O)N1CCN(S(=O)(=O)c2cnn(C)c2)CC1. The standard InChI is InChI=1S/C15H19F3N6O3S/c1-11-7-13(15(16,17)18)20-24(11)10-14(25)22-3-5-23(6-4-22)28(26,27)12-8-19-21(2)9-12/h7-9H,3-6,10H2,1-2H3. The quantitative estimate of drug-likeness (QED) is 0.717. The number of sulfonamides is 1. The minimum atomic E-state index is -4.58. The number of nitrogens with zero attached hydrogens (tertiary/aromatic N) is 6. The Morgan fingerprint density at radius 2 is 1.86 bits per heavy atom. The molecular weight excluding hydrogens is 401 g/mol. The van der Waals surface area contributed by atoms with Crippen LogP contribution < -0.4 is 0 Å². The van der Waals surface area contributed by atoms with Crippen LogP contribution in [0.5, 0.6) is 0 Å². The number of aromatic nitrogens is 4. The van der Waals surface area contributed by atoms with Gasteiger partial charge in [0.2, 0.25) is 15.9 Å². The number of halogens is 3. The molecule has 0 aliphatic carbocycles. The van der Waals surface area contributed by atoms with Crippen LogP contribution in [-0.4, -0.2) is 69.3 Å². The summed E-state index contributed by atoms with van der Waals surface area (Å²) in [5.41, 5.74) is -0.830. The number of alkyl halides is 3. The maximum absolute atomic E-state index is 12.7. The molecule has 154 valence electrons. The van der Waals surface area contributed by atoms with Crippen LogP contribution in [0.15, 0.2) is 23.4 Å². The first-order valence-electron chi connectivity index (χ1n) is 8.36. The molecule has 28 heavy (non-hydrogen) atoms. The topological polar surface area (TPSA) is 93.3 Å². The number of hydrogen-bond donors (Lipinski definition) is 0. The third-order valence-corrected chi connectivity index (χ3v) is 6.32. The lowest BCUT2D eigenvalue weighted by molar-refractivity contribution is -0.142. The fourth-order valence-corrected chi connectivity index (χ4v) is 4.30. The summed E-state index contributed by atoms with van der Waals surface area (Å²) in [6.45, 7) is 1.57. The van der Waals surface area contributed by atoms with Gasteiger partial charge in [-0.1, -0.05) is 0 Å². The van der Waals surface area contributed by atoms with E-state index in [0.717, 1.165) is 10.7 Å². The highest BCUT2D eigenvalue weighted by Gasteiger charge is 2.35. The number of amides is 1. The molecule has 1 amide bonds. The van der Waals surface area contributed by atoms with Gasteiger partial charge < -0.3 is 4.90 Å². The summed E-state index contributed by atoms with van der Waals surface area (Å²) in [5.74, 6) is -0.418. The van der Waals surface area contributed by atoms with E-state index in [9.17, 15) is 26.4 Å². The Balaban J connectivity index is 1.62. The van der Waals surface area contributed by atoms with Crippen molar-refractivity contribution in [2.24, 2.45) is 7.05 Å². The Hall–Kier alpha value is -2.41. The van der Waals surface area contributed by atoms with Crippen LogP contribution in [-0.2, 0) is 34.6 Å². The number of carbonyl (C=O) groups is 1. The molecule has 0 spiro atoms. The second-order valence-electron chi connectivity index (χ2n) is 6.46. The number of aryl methyl sites for hydroxylation is 2. The molecule has 0 aromatic carbocycles. The van der Waals surface area contributed by atoms with E-state index in [1.54, 1.807) is 7.05 Å². The van der Waals surface area contributed by atoms with E-state index in [-0.39, 0.29) is 43.3 Å². The molecule has 3 heterocycles. The van der Waals surface area contributed by atoms with Crippen LogP contribution >= 0.6 is 0 Å². The lowest BCUT2D eigenvalue weighted by atomic mass is 10.3. The molecule has 3 rings (SSSR count). The van der Waals surface area contributed by atoms with Gasteiger partial charge >= 0.3 is 6.18 Å². The summed E-state index contributed by atoms with van der Waals surface area (Å²) in [5, 5.41) is 7.29. The predicted molar refractivity (Wildman–Crippen MR) is 90.5 cm³/mol. The van der Waals surface area contributed by atoms with E-state index >= 15 is 0 Å². The molecule has 2 aromatic rings. The Bertz CT molecular complexity index is 974. The van der Waals surface area contributed by atoms with Crippen molar-refractivity contribution in [2.75, 3.05) is 26.2 Å². The predicted octanol–water partition coefficient (Wildman–Crippen LogP) is 0.477. The molecule has 0 bridgehead atoms. The lowest BCUT2D eigenvalue weighted by Crippen LogP contribution is -2.51. The summed E-state index contributed by atoms with van der Waals surface area (Å²) >= 11 is 0. The minimum absolute atomic E-state index is 0.0709. The summed E-state index contributed by atoms with van der Waals surface area (Å²) in [6.07, 6.45) is -1.93. The summed E-state index contributed by atoms with van der Waals surface area (Å²) in [6, 6.07) is 0.881. The first-order chi connectivity index (χ1) is 13.0. The fraction of sp³-hybridized carbons (Fsp3) is 0.533. The van der Waals surface area contributed by atoms with Crippen LogP contribution in [0, 0.1) is 6.92 Å². The van der Waals surface area contributed by atoms with Gasteiger partial charge in [-0.3, -0.25) is 14.2 Å². The Kier molecular flexibility index (Phi) is 5.23. The summed E-state index contributed by atoms with van der Waals surface area (Å²) < 4.78 is 67.0. The van der Waals surface area contributed by atoms with E-state index in [0.29, 0.717) is 0 Å². The first kappa shape index (κ1) is 20.3. The molecule has 0 saturated carbocycles. The summed E-state index contributed by atoms with van der Waals surface area (Å²) in [4.78, 5) is 13.9. The second kappa shape index (κ2) is 7.20. The van der Waals surface area contributed by atoms with Gasteiger partial charge in [-0.05, 0) is 13.0 Å². The number of hydrogen-bond acceptors (Lipinski definition) is 5. The molecule has 1 aliphatic rings. The highest BCUT2D eigenvalue weighted by molar-refractivity contribution is 7.89. The number of piperazine rings is 1. The average molecular weight is 420 g/mol. The zero-order valence-electron chi connectivity index (χ0n) is 15.2. The highest BCUT2D eigenvalue weighted by atomic mass is 32.2. The van der Waals surface area contributed by atoms with E-state index in [4.69, 9.17) is 0 Å². The Morgan fingerprint density at radius 1 is 1.21 bits per heavy atom. The molecular formula is C15H19F3N6O3S. The zero-order valence-corrected chi connectivity index (χ0v) is 16.0. The Labute approximate surface area is 159 Å². The molecule has 0 radical (unpaired) electrons. The van der Waals surface area contributed by atoms with Crippen LogP contribution in [0.1, 0.15) is 11.4 Å². The number of carbonyl (C=O) groups excluding carboxylic acids is 1. The van der Waals surface area contributed by atoms with E-state index in [1.807, 2.05) is 0 Å². The zero-order chi connectivity index (χ0) is 20.7. The third kappa shape index (κ3) is 4.04. The molecule has 0 N–H and O–H groups in total. The second-order valence-corrected chi connectivity index (χ2v) is 8.40. The molecule has 13 heteroatoms. The van der Waals surface area contributed by atoms with E-state index < -0.39 is 27.8 Å². The van der Waals surface area contributed by atoms with Gasteiger partial charge in [0.1, 0.15) is 11.4 Å². The molecule has 1 aliphatic heterocycles. The highest BCUT2D eigenvalue weighted by Crippen LogP contribution is 2.28. The van der Waals surface area contributed by atoms with Crippen LogP contribution in [0.4, 0.5) is 13.2 Å². The molecule has 0 unspecified atom stereocenters. The van der Waals surface area contributed by atoms with Crippen LogP contribution in [0.3, 0.4) is 0 Å². The third-order valence-electron chi connectivity index (χ3n) is 4.47. The monoisotopic (exact) mass is 420 g/mol. The van der Waals surface area contributed by atoms with Crippen molar-refractivity contribution in [3.8, 4) is 0 Å². The molecule has 1 saturated heterocycles. The van der Waals surface area contributed by atoms with Crippen molar-refractivity contribution < 1.29 is 26.4 Å². The van der Waals surface area contributed by atoms with E-state index in [1.165, 1.54) is 33.2 Å². The first-order valence-corrected chi connectivity index (χ1v) is 9.80. The van der Waals surface area contributed by atoms with Crippen molar-refractivity contribution in [3.63, 3.8) is 0 Å². The number of rotatable bonds is 4. The van der Waals surface area contributed by atoms with Crippen LogP contribution in [0.2, 0.25) is 0 Å². The maximum atomic E-state index is 12.7. The fourth-order valence-electron chi connectivity index (χ4n) is 2.90. The normalized spacial score (nSPS) is 16.5. The average Bonchev–Trinajstić information content (AvgIpc) is 3.21. The molecule has 2 aromatic heterocycles. The maximum Gasteiger partial charge on any atom is 0.435 e. The van der Waals surface area contributed by atoms with Crippen molar-refractivity contribution in [1.82, 2.24) is 28.8 Å². The van der Waals surface area contributed by atoms with E-state index in [2.05, 4.69) is 10.2 Å². The molecule has 0 atom stereocenters. The van der Waals surface area contributed by atoms with Gasteiger partial charge in [0, 0.05) is 45.1 Å². The lowest BCUT2D eigenvalue weighted by Gasteiger charge is -2.33. The van der Waals surface area contributed by atoms with Gasteiger partial charge in [-0.15, -0.1) is 0 Å². The smallest absolute Gasteiger partial charge is 0.338 e. The molecule has 1 fully saturated rings. The summed E-state index contributed by atoms with van der Waals surface area (Å²) in [7, 11) is -2.09. The van der Waals surface area contributed by atoms with Gasteiger partial charge in [0.05, 0.1) is 6.20 Å². The van der Waals surface area contributed by atoms with Gasteiger partial charge in [0.25, 0.3) is 0 Å². The van der Waals surface area contributed by atoms with Crippen molar-refractivity contribution in [3.05, 3.63) is 29.8 Å². The van der Waals surface area contributed by atoms with Crippen LogP contribution in [0.25, 0.3) is 0 Å². The van der Waals surface area contributed by atoms with Crippen molar-refractivity contribution >= 4 is 15.9 Å². The van der Waals surface area contributed by atoms with Crippen molar-refractivity contribution in [2.45, 2.75) is 24.5 Å². The van der Waals surface area contributed by atoms with Gasteiger partial charge in [-0.2, -0.15) is 27.7 Å².